The molecule has 2 aliphatic heterocycles. The van der Waals surface area contributed by atoms with Gasteiger partial charge in [0.2, 0.25) is 5.78 Å². The number of methoxy groups -OCH3 is 1. The Morgan fingerprint density at radius 2 is 1.82 bits per heavy atom. The minimum absolute atomic E-state index is 0.107. The summed E-state index contributed by atoms with van der Waals surface area (Å²) in [7, 11) is 1.63. The zero-order valence-electron chi connectivity index (χ0n) is 22.0. The van der Waals surface area contributed by atoms with Crippen LogP contribution in [0, 0.1) is 5.82 Å². The molecule has 1 aromatic heterocycles. The van der Waals surface area contributed by atoms with E-state index in [1.165, 1.54) is 12.1 Å². The summed E-state index contributed by atoms with van der Waals surface area (Å²) in [5.74, 6) is 1.05. The fourth-order valence-corrected chi connectivity index (χ4v) is 5.44. The van der Waals surface area contributed by atoms with Crippen molar-refractivity contribution in [2.24, 2.45) is 0 Å². The zero-order chi connectivity index (χ0) is 27.1. The molecule has 0 radical (unpaired) electrons. The first-order valence-electron chi connectivity index (χ1n) is 13.1. The molecule has 1 fully saturated rings. The lowest BCUT2D eigenvalue weighted by Gasteiger charge is -2.36. The number of allylic oxidation sites excluding steroid dienone is 1. The minimum Gasteiger partial charge on any atom is -0.507 e. The first-order valence-corrected chi connectivity index (χ1v) is 13.1. The number of hydrogen-bond donors (Lipinski definition) is 1. The number of ether oxygens (including phenoxy) is 2. The maximum absolute atomic E-state index is 13.4. The molecule has 0 unspecified atom stereocenters. The van der Waals surface area contributed by atoms with Gasteiger partial charge in [-0.25, -0.2) is 4.39 Å². The molecule has 2 aliphatic rings. The number of rotatable bonds is 6. The highest BCUT2D eigenvalue weighted by atomic mass is 19.1. The summed E-state index contributed by atoms with van der Waals surface area (Å²) in [4.78, 5) is 17.8. The highest BCUT2D eigenvalue weighted by Crippen LogP contribution is 2.41. The van der Waals surface area contributed by atoms with Gasteiger partial charge in [0.05, 0.1) is 18.2 Å². The topological polar surface area (TPSA) is 67.2 Å². The SMILES string of the molecule is CCn1cc(/C=C2/Oc3c(ccc(O)c3CN3CCN(c4ccc(F)cc4)CC3)C2=O)c2cc(OC)ccc21. The molecule has 0 amide bonds. The van der Waals surface area contributed by atoms with Gasteiger partial charge >= 0.3 is 0 Å². The largest absolute Gasteiger partial charge is 0.507 e. The molecule has 3 aromatic carbocycles. The van der Waals surface area contributed by atoms with Crippen molar-refractivity contribution in [2.45, 2.75) is 20.0 Å². The van der Waals surface area contributed by atoms with Gasteiger partial charge in [0, 0.05) is 67.6 Å². The molecule has 0 aliphatic carbocycles. The molecule has 6 rings (SSSR count). The molecule has 8 heteroatoms. The fraction of sp³-hybridized carbons (Fsp3) is 0.258. The van der Waals surface area contributed by atoms with Gasteiger partial charge in [-0.05, 0) is 67.6 Å². The predicted molar refractivity (Wildman–Crippen MR) is 149 cm³/mol. The van der Waals surface area contributed by atoms with Crippen molar-refractivity contribution in [3.8, 4) is 17.2 Å². The summed E-state index contributed by atoms with van der Waals surface area (Å²) in [5.41, 5.74) is 3.97. The summed E-state index contributed by atoms with van der Waals surface area (Å²) in [5, 5.41) is 11.7. The number of aryl methyl sites for hydroxylation is 1. The van der Waals surface area contributed by atoms with E-state index in [1.807, 2.05) is 24.4 Å². The normalized spacial score (nSPS) is 16.6. The van der Waals surface area contributed by atoms with Crippen LogP contribution in [0.25, 0.3) is 17.0 Å². The summed E-state index contributed by atoms with van der Waals surface area (Å²) in [6.07, 6.45) is 3.79. The number of piperazine rings is 1. The zero-order valence-corrected chi connectivity index (χ0v) is 22.0. The number of phenolic OH excluding ortho intramolecular Hbond substituents is 1. The number of fused-ring (bicyclic) bond motifs is 2. The number of halogens is 1. The Morgan fingerprint density at radius 1 is 1.05 bits per heavy atom. The third-order valence-electron chi connectivity index (χ3n) is 7.61. The smallest absolute Gasteiger partial charge is 0.231 e. The van der Waals surface area contributed by atoms with Gasteiger partial charge in [-0.2, -0.15) is 0 Å². The van der Waals surface area contributed by atoms with Crippen molar-refractivity contribution < 1.29 is 23.8 Å². The van der Waals surface area contributed by atoms with Gasteiger partial charge in [-0.15, -0.1) is 0 Å². The summed E-state index contributed by atoms with van der Waals surface area (Å²) >= 11 is 0. The first-order chi connectivity index (χ1) is 18.9. The molecule has 1 N–H and O–H groups in total. The van der Waals surface area contributed by atoms with Crippen LogP contribution in [0.3, 0.4) is 0 Å². The standard InChI is InChI=1S/C31H30FN3O4/c1-3-34-18-20(25-17-23(38-2)8-10-27(25)34)16-29-30(37)24-9-11-28(36)26(31(24)39-29)19-33-12-14-35(15-13-33)22-6-4-21(32)5-7-22/h4-11,16-18,36H,3,12-15,19H2,1-2H3/b29-16+. The summed E-state index contributed by atoms with van der Waals surface area (Å²) < 4.78 is 27.0. The van der Waals surface area contributed by atoms with E-state index in [9.17, 15) is 14.3 Å². The molecular formula is C31H30FN3O4. The van der Waals surface area contributed by atoms with E-state index in [0.717, 1.165) is 60.6 Å². The molecule has 4 aromatic rings. The highest BCUT2D eigenvalue weighted by molar-refractivity contribution is 6.15. The molecule has 1 saturated heterocycles. The maximum atomic E-state index is 13.4. The van der Waals surface area contributed by atoms with Crippen LogP contribution in [0.1, 0.15) is 28.4 Å². The van der Waals surface area contributed by atoms with E-state index in [0.29, 0.717) is 23.4 Å². The lowest BCUT2D eigenvalue weighted by molar-refractivity contribution is 0.101. The van der Waals surface area contributed by atoms with E-state index in [2.05, 4.69) is 21.3 Å². The molecule has 7 nitrogen and oxygen atoms in total. The Morgan fingerprint density at radius 3 is 2.54 bits per heavy atom. The number of benzene rings is 3. The van der Waals surface area contributed by atoms with Crippen LogP contribution in [0.5, 0.6) is 17.2 Å². The van der Waals surface area contributed by atoms with Crippen molar-refractivity contribution >= 4 is 28.4 Å². The first kappa shape index (κ1) is 25.0. The second-order valence-electron chi connectivity index (χ2n) is 9.87. The van der Waals surface area contributed by atoms with Crippen molar-refractivity contribution in [2.75, 3.05) is 38.2 Å². The number of aromatic hydroxyl groups is 1. The van der Waals surface area contributed by atoms with Crippen molar-refractivity contribution in [1.82, 2.24) is 9.47 Å². The van der Waals surface area contributed by atoms with E-state index < -0.39 is 0 Å². The number of Topliss-reactive ketones (excluding diaryl/α,β-unsaturated/α-hetero) is 1. The van der Waals surface area contributed by atoms with Gasteiger partial charge < -0.3 is 24.0 Å². The van der Waals surface area contributed by atoms with Crippen LogP contribution in [0.2, 0.25) is 0 Å². The van der Waals surface area contributed by atoms with Crippen LogP contribution >= 0.6 is 0 Å². The summed E-state index contributed by atoms with van der Waals surface area (Å²) in [6, 6.07) is 15.6. The van der Waals surface area contributed by atoms with Crippen LogP contribution in [-0.4, -0.2) is 53.6 Å². The molecule has 39 heavy (non-hydrogen) atoms. The average Bonchev–Trinajstić information content (AvgIpc) is 3.47. The average molecular weight is 528 g/mol. The second-order valence-corrected chi connectivity index (χ2v) is 9.87. The quantitative estimate of drug-likeness (QED) is 0.336. The van der Waals surface area contributed by atoms with Crippen molar-refractivity contribution in [3.63, 3.8) is 0 Å². The van der Waals surface area contributed by atoms with Crippen LogP contribution in [0.15, 0.2) is 66.6 Å². The number of nitrogens with zero attached hydrogens (tertiary/aromatic N) is 3. The molecular weight excluding hydrogens is 497 g/mol. The Bertz CT molecular complexity index is 1580. The fourth-order valence-electron chi connectivity index (χ4n) is 5.44. The Hall–Kier alpha value is -4.30. The third kappa shape index (κ3) is 4.61. The van der Waals surface area contributed by atoms with Gasteiger partial charge in [0.15, 0.2) is 5.76 Å². The third-order valence-corrected chi connectivity index (χ3v) is 7.61. The molecule has 0 saturated carbocycles. The predicted octanol–water partition coefficient (Wildman–Crippen LogP) is 5.45. The van der Waals surface area contributed by atoms with Gasteiger partial charge in [-0.1, -0.05) is 0 Å². The molecule has 0 bridgehead atoms. The second kappa shape index (κ2) is 10.1. The van der Waals surface area contributed by atoms with E-state index in [-0.39, 0.29) is 23.1 Å². The van der Waals surface area contributed by atoms with E-state index in [1.54, 1.807) is 37.5 Å². The van der Waals surface area contributed by atoms with Gasteiger partial charge in [0.1, 0.15) is 23.1 Å². The molecule has 3 heterocycles. The van der Waals surface area contributed by atoms with Crippen LogP contribution in [0.4, 0.5) is 10.1 Å². The number of aromatic nitrogens is 1. The molecule has 200 valence electrons. The van der Waals surface area contributed by atoms with E-state index in [4.69, 9.17) is 9.47 Å². The monoisotopic (exact) mass is 527 g/mol. The van der Waals surface area contributed by atoms with Crippen molar-refractivity contribution in [3.05, 3.63) is 89.1 Å². The molecule has 0 atom stereocenters. The lowest BCUT2D eigenvalue weighted by Crippen LogP contribution is -2.46. The highest BCUT2D eigenvalue weighted by Gasteiger charge is 2.32. The molecule has 0 spiro atoms. The number of phenols is 1. The van der Waals surface area contributed by atoms with Crippen molar-refractivity contribution in [1.29, 1.82) is 0 Å². The van der Waals surface area contributed by atoms with E-state index >= 15 is 0 Å². The number of carbonyl (C=O) groups excluding carboxylic acids is 1. The van der Waals surface area contributed by atoms with Gasteiger partial charge in [0.25, 0.3) is 0 Å². The summed E-state index contributed by atoms with van der Waals surface area (Å²) in [6.45, 7) is 6.38. The number of hydrogen-bond acceptors (Lipinski definition) is 6. The number of carbonyl (C=O) groups is 1. The number of ketones is 1. The van der Waals surface area contributed by atoms with Crippen LogP contribution in [-0.2, 0) is 13.1 Å². The Balaban J connectivity index is 1.24. The van der Waals surface area contributed by atoms with Crippen LogP contribution < -0.4 is 14.4 Å². The maximum Gasteiger partial charge on any atom is 0.231 e. The Kier molecular flexibility index (Phi) is 6.48. The minimum atomic E-state index is -0.246. The Labute approximate surface area is 226 Å². The number of anilines is 1. The lowest BCUT2D eigenvalue weighted by atomic mass is 10.0. The van der Waals surface area contributed by atoms with Gasteiger partial charge in [-0.3, -0.25) is 9.69 Å².